The van der Waals surface area contributed by atoms with Crippen LogP contribution in [0.15, 0.2) is 42.6 Å². The van der Waals surface area contributed by atoms with Crippen LogP contribution in [0.4, 0.5) is 5.13 Å². The summed E-state index contributed by atoms with van der Waals surface area (Å²) in [6.07, 6.45) is 1.59. The predicted octanol–water partition coefficient (Wildman–Crippen LogP) is 3.34. The molecule has 2 heterocycles. The molecule has 0 fully saturated rings. The first kappa shape index (κ1) is 17.3. The van der Waals surface area contributed by atoms with Crippen LogP contribution in [0, 0.1) is 18.3 Å². The van der Waals surface area contributed by atoms with Crippen LogP contribution in [-0.2, 0) is 0 Å². The minimum absolute atomic E-state index is 0.0590. The van der Waals surface area contributed by atoms with E-state index in [9.17, 15) is 20.0 Å². The number of nitriles is 1. The highest BCUT2D eigenvalue weighted by Gasteiger charge is 2.19. The lowest BCUT2D eigenvalue weighted by Gasteiger charge is -2.07. The van der Waals surface area contributed by atoms with Gasteiger partial charge in [0, 0.05) is 11.8 Å². The van der Waals surface area contributed by atoms with Crippen molar-refractivity contribution < 1.29 is 14.7 Å². The fraction of sp³-hybridized carbons (Fsp3) is 0.0556. The lowest BCUT2D eigenvalue weighted by Crippen LogP contribution is -2.15. The molecule has 0 saturated heterocycles. The number of thiazole rings is 1. The van der Waals surface area contributed by atoms with Crippen LogP contribution < -0.4 is 5.32 Å². The number of hydrogen-bond donors (Lipinski definition) is 2. The van der Waals surface area contributed by atoms with Crippen LogP contribution in [0.1, 0.15) is 31.2 Å². The topological polar surface area (TPSA) is 116 Å². The summed E-state index contributed by atoms with van der Waals surface area (Å²) >= 11 is 1.03. The number of carbonyl (C=O) groups is 2. The molecule has 3 aromatic rings. The van der Waals surface area contributed by atoms with E-state index in [0.717, 1.165) is 11.3 Å². The van der Waals surface area contributed by atoms with Crippen molar-refractivity contribution in [2.24, 2.45) is 0 Å². The summed E-state index contributed by atoms with van der Waals surface area (Å²) in [5, 5.41) is 21.3. The molecule has 7 nitrogen and oxygen atoms in total. The van der Waals surface area contributed by atoms with Gasteiger partial charge in [-0.15, -0.1) is 0 Å². The first-order chi connectivity index (χ1) is 12.5. The highest BCUT2D eigenvalue weighted by atomic mass is 32.1. The van der Waals surface area contributed by atoms with E-state index in [1.165, 1.54) is 18.2 Å². The Hall–Kier alpha value is -3.57. The number of carboxylic acid groups (broad SMARTS) is 1. The van der Waals surface area contributed by atoms with E-state index < -0.39 is 11.9 Å². The van der Waals surface area contributed by atoms with Gasteiger partial charge in [-0.2, -0.15) is 5.26 Å². The van der Waals surface area contributed by atoms with E-state index >= 15 is 0 Å². The highest BCUT2D eigenvalue weighted by Crippen LogP contribution is 2.29. The van der Waals surface area contributed by atoms with E-state index in [0.29, 0.717) is 21.8 Å². The molecule has 3 rings (SSSR count). The Kier molecular flexibility index (Phi) is 4.73. The van der Waals surface area contributed by atoms with E-state index in [1.807, 2.05) is 6.07 Å². The summed E-state index contributed by atoms with van der Waals surface area (Å²) in [7, 11) is 0. The van der Waals surface area contributed by atoms with Crippen molar-refractivity contribution in [2.75, 3.05) is 5.32 Å². The number of nitrogens with one attached hydrogen (secondary N) is 1. The van der Waals surface area contributed by atoms with Crippen molar-refractivity contribution in [3.63, 3.8) is 0 Å². The Balaban J connectivity index is 1.92. The smallest absolute Gasteiger partial charge is 0.335 e. The molecule has 2 aromatic heterocycles. The SMILES string of the molecule is Cc1c(C(=O)O)cccc1C(=O)Nc1nc(-c2ccccn2)c(C#N)s1. The summed E-state index contributed by atoms with van der Waals surface area (Å²) in [6, 6.07) is 11.8. The van der Waals surface area contributed by atoms with Crippen LogP contribution in [-0.4, -0.2) is 27.0 Å². The number of hydrogen-bond acceptors (Lipinski definition) is 6. The normalized spacial score (nSPS) is 10.2. The van der Waals surface area contributed by atoms with Crippen LogP contribution in [0.3, 0.4) is 0 Å². The van der Waals surface area contributed by atoms with Gasteiger partial charge in [0.25, 0.3) is 5.91 Å². The van der Waals surface area contributed by atoms with Gasteiger partial charge in [-0.1, -0.05) is 23.5 Å². The summed E-state index contributed by atoms with van der Waals surface area (Å²) in [4.78, 5) is 32.5. The van der Waals surface area contributed by atoms with Gasteiger partial charge < -0.3 is 5.11 Å². The number of amides is 1. The molecule has 26 heavy (non-hydrogen) atoms. The number of benzene rings is 1. The maximum atomic E-state index is 12.5. The molecule has 0 aliphatic rings. The Morgan fingerprint density at radius 2 is 1.96 bits per heavy atom. The Morgan fingerprint density at radius 3 is 2.62 bits per heavy atom. The van der Waals surface area contributed by atoms with Gasteiger partial charge in [0.1, 0.15) is 16.6 Å². The molecule has 0 aliphatic carbocycles. The molecule has 0 saturated carbocycles. The van der Waals surface area contributed by atoms with Crippen LogP contribution in [0.5, 0.6) is 0 Å². The van der Waals surface area contributed by atoms with E-state index in [1.54, 1.807) is 31.3 Å². The average molecular weight is 364 g/mol. The number of pyridine rings is 1. The molecule has 0 radical (unpaired) electrons. The monoisotopic (exact) mass is 364 g/mol. The second-order valence-corrected chi connectivity index (χ2v) is 6.26. The number of anilines is 1. The molecule has 0 bridgehead atoms. The van der Waals surface area contributed by atoms with Crippen molar-refractivity contribution in [3.05, 3.63) is 64.2 Å². The van der Waals surface area contributed by atoms with Gasteiger partial charge in [0.05, 0.1) is 11.3 Å². The Bertz CT molecular complexity index is 1040. The van der Waals surface area contributed by atoms with E-state index in [2.05, 4.69) is 15.3 Å². The van der Waals surface area contributed by atoms with Crippen LogP contribution in [0.25, 0.3) is 11.4 Å². The molecule has 0 spiro atoms. The third kappa shape index (κ3) is 3.29. The molecule has 2 N–H and O–H groups in total. The first-order valence-corrected chi connectivity index (χ1v) is 8.29. The minimum atomic E-state index is -1.10. The second kappa shape index (κ2) is 7.13. The number of nitrogens with zero attached hydrogens (tertiary/aromatic N) is 3. The summed E-state index contributed by atoms with van der Waals surface area (Å²) < 4.78 is 0. The number of carbonyl (C=O) groups excluding carboxylic acids is 1. The van der Waals surface area contributed by atoms with Crippen LogP contribution in [0.2, 0.25) is 0 Å². The third-order valence-corrected chi connectivity index (χ3v) is 4.54. The number of aromatic nitrogens is 2. The first-order valence-electron chi connectivity index (χ1n) is 7.48. The van der Waals surface area contributed by atoms with Crippen molar-refractivity contribution in [1.82, 2.24) is 9.97 Å². The van der Waals surface area contributed by atoms with E-state index in [-0.39, 0.29) is 16.3 Å². The van der Waals surface area contributed by atoms with Gasteiger partial charge in [-0.05, 0) is 36.8 Å². The van der Waals surface area contributed by atoms with E-state index in [4.69, 9.17) is 0 Å². The Labute approximate surface area is 152 Å². The fourth-order valence-corrected chi connectivity index (χ4v) is 3.17. The molecular formula is C18H12N4O3S. The number of rotatable bonds is 4. The number of carboxylic acids is 1. The zero-order chi connectivity index (χ0) is 18.7. The lowest BCUT2D eigenvalue weighted by atomic mass is 10.0. The highest BCUT2D eigenvalue weighted by molar-refractivity contribution is 7.16. The third-order valence-electron chi connectivity index (χ3n) is 3.67. The molecule has 1 aromatic carbocycles. The van der Waals surface area contributed by atoms with Crippen molar-refractivity contribution in [2.45, 2.75) is 6.92 Å². The molecule has 0 atom stereocenters. The predicted molar refractivity (Wildman–Crippen MR) is 96.2 cm³/mol. The maximum Gasteiger partial charge on any atom is 0.335 e. The van der Waals surface area contributed by atoms with Gasteiger partial charge in [0.15, 0.2) is 5.13 Å². The molecule has 0 unspecified atom stereocenters. The second-order valence-electron chi connectivity index (χ2n) is 5.26. The minimum Gasteiger partial charge on any atom is -0.478 e. The van der Waals surface area contributed by atoms with Gasteiger partial charge in [-0.3, -0.25) is 15.1 Å². The van der Waals surface area contributed by atoms with Crippen molar-refractivity contribution >= 4 is 28.3 Å². The maximum absolute atomic E-state index is 12.5. The van der Waals surface area contributed by atoms with Crippen molar-refractivity contribution in [1.29, 1.82) is 5.26 Å². The molecule has 8 heteroatoms. The number of aromatic carboxylic acids is 1. The van der Waals surface area contributed by atoms with Gasteiger partial charge in [0.2, 0.25) is 0 Å². The average Bonchev–Trinajstić information content (AvgIpc) is 3.05. The standard InChI is InChI=1S/C18H12N4O3S/c1-10-11(5-4-6-12(10)17(24)25)16(23)22-18-21-15(14(9-19)26-18)13-7-2-3-8-20-13/h2-8H,1H3,(H,24,25)(H,21,22,23). The quantitative estimate of drug-likeness (QED) is 0.733. The summed E-state index contributed by atoms with van der Waals surface area (Å²) in [5.74, 6) is -1.59. The van der Waals surface area contributed by atoms with Gasteiger partial charge >= 0.3 is 5.97 Å². The molecular weight excluding hydrogens is 352 g/mol. The largest absolute Gasteiger partial charge is 0.478 e. The fourth-order valence-electron chi connectivity index (χ4n) is 2.40. The van der Waals surface area contributed by atoms with Crippen LogP contribution >= 0.6 is 11.3 Å². The Morgan fingerprint density at radius 1 is 1.19 bits per heavy atom. The van der Waals surface area contributed by atoms with Gasteiger partial charge in [-0.25, -0.2) is 9.78 Å². The molecule has 0 aliphatic heterocycles. The zero-order valence-corrected chi connectivity index (χ0v) is 14.4. The summed E-state index contributed by atoms with van der Waals surface area (Å²) in [6.45, 7) is 1.57. The summed E-state index contributed by atoms with van der Waals surface area (Å²) in [5.41, 5.74) is 1.58. The van der Waals surface area contributed by atoms with Crippen molar-refractivity contribution in [3.8, 4) is 17.5 Å². The molecule has 128 valence electrons. The molecule has 1 amide bonds. The zero-order valence-electron chi connectivity index (χ0n) is 13.6. The lowest BCUT2D eigenvalue weighted by molar-refractivity contribution is 0.0696.